The lowest BCUT2D eigenvalue weighted by atomic mass is 9.97. The summed E-state index contributed by atoms with van der Waals surface area (Å²) in [6.07, 6.45) is 5.21. The van der Waals surface area contributed by atoms with E-state index >= 15 is 0 Å². The summed E-state index contributed by atoms with van der Waals surface area (Å²) < 4.78 is 10.9. The minimum atomic E-state index is 0.413. The second-order valence-electron chi connectivity index (χ2n) is 4.67. The predicted octanol–water partition coefficient (Wildman–Crippen LogP) is 3.33. The lowest BCUT2D eigenvalue weighted by molar-refractivity contribution is 0.0730. The quantitative estimate of drug-likeness (QED) is 0.850. The van der Waals surface area contributed by atoms with E-state index in [0.29, 0.717) is 11.4 Å². The number of nitrogen functional groups attached to an aromatic ring is 1. The van der Waals surface area contributed by atoms with Gasteiger partial charge < -0.3 is 15.2 Å². The van der Waals surface area contributed by atoms with Crippen molar-refractivity contribution in [3.63, 3.8) is 0 Å². The van der Waals surface area contributed by atoms with E-state index in [2.05, 4.69) is 6.07 Å². The highest BCUT2D eigenvalue weighted by atomic mass is 32.2. The Kier molecular flexibility index (Phi) is 4.78. The molecule has 1 aromatic carbocycles. The molecule has 0 aromatic heterocycles. The Balaban J connectivity index is 2.04. The molecule has 0 heterocycles. The smallest absolute Gasteiger partial charge is 0.134 e. The van der Waals surface area contributed by atoms with E-state index in [-0.39, 0.29) is 0 Å². The molecule has 0 spiro atoms. The van der Waals surface area contributed by atoms with Gasteiger partial charge in [-0.3, -0.25) is 0 Å². The summed E-state index contributed by atoms with van der Waals surface area (Å²) in [5.41, 5.74) is 6.52. The maximum Gasteiger partial charge on any atom is 0.134 e. The first-order valence-electron chi connectivity index (χ1n) is 6.36. The Hall–Kier alpha value is -0.870. The summed E-state index contributed by atoms with van der Waals surface area (Å²) in [6, 6.07) is 5.87. The molecule has 1 aliphatic carbocycles. The van der Waals surface area contributed by atoms with Crippen LogP contribution in [0.3, 0.4) is 0 Å². The van der Waals surface area contributed by atoms with Gasteiger partial charge >= 0.3 is 0 Å². The number of rotatable bonds is 4. The van der Waals surface area contributed by atoms with Gasteiger partial charge in [0.05, 0.1) is 13.2 Å². The van der Waals surface area contributed by atoms with Gasteiger partial charge in [-0.15, -0.1) is 11.8 Å². The number of thioether (sulfide) groups is 1. The Morgan fingerprint density at radius 1 is 1.28 bits per heavy atom. The van der Waals surface area contributed by atoms with Crippen LogP contribution in [0.15, 0.2) is 23.1 Å². The molecule has 0 amide bonds. The standard InChI is InChI=1S/C14H21NO2S/c1-16-11-4-3-5-12(9-11)18-14-7-6-10(15)8-13(14)17-2/h6-8,11-12H,3-5,9,15H2,1-2H3. The van der Waals surface area contributed by atoms with Gasteiger partial charge in [0.1, 0.15) is 5.75 Å². The number of hydrogen-bond donors (Lipinski definition) is 1. The number of methoxy groups -OCH3 is 2. The largest absolute Gasteiger partial charge is 0.496 e. The molecule has 1 fully saturated rings. The van der Waals surface area contributed by atoms with Crippen molar-refractivity contribution < 1.29 is 9.47 Å². The number of ether oxygens (including phenoxy) is 2. The maximum atomic E-state index is 5.77. The molecule has 0 aliphatic heterocycles. The molecular weight excluding hydrogens is 246 g/mol. The van der Waals surface area contributed by atoms with Crippen molar-refractivity contribution in [1.29, 1.82) is 0 Å². The molecule has 0 saturated heterocycles. The molecule has 0 radical (unpaired) electrons. The highest BCUT2D eigenvalue weighted by molar-refractivity contribution is 8.00. The van der Waals surface area contributed by atoms with E-state index in [1.807, 2.05) is 31.0 Å². The second kappa shape index (κ2) is 6.34. The van der Waals surface area contributed by atoms with Crippen molar-refractivity contribution in [3.05, 3.63) is 18.2 Å². The molecule has 0 bridgehead atoms. The second-order valence-corrected chi connectivity index (χ2v) is 6.02. The number of anilines is 1. The van der Waals surface area contributed by atoms with Crippen LogP contribution in [0, 0.1) is 0 Å². The van der Waals surface area contributed by atoms with E-state index in [9.17, 15) is 0 Å². The molecule has 1 aliphatic rings. The Bertz CT molecular complexity index is 397. The maximum absolute atomic E-state index is 5.77. The Morgan fingerprint density at radius 2 is 2.11 bits per heavy atom. The van der Waals surface area contributed by atoms with Gasteiger partial charge in [0, 0.05) is 29.0 Å². The van der Waals surface area contributed by atoms with E-state index in [0.717, 1.165) is 17.9 Å². The van der Waals surface area contributed by atoms with Crippen LogP contribution in [0.25, 0.3) is 0 Å². The van der Waals surface area contributed by atoms with Crippen molar-refractivity contribution in [2.24, 2.45) is 0 Å². The molecule has 2 unspecified atom stereocenters. The summed E-state index contributed by atoms with van der Waals surface area (Å²) in [5.74, 6) is 0.875. The number of benzene rings is 1. The van der Waals surface area contributed by atoms with Crippen LogP contribution in [0.5, 0.6) is 5.75 Å². The summed E-state index contributed by atoms with van der Waals surface area (Å²) in [6.45, 7) is 0. The zero-order valence-electron chi connectivity index (χ0n) is 11.0. The van der Waals surface area contributed by atoms with Gasteiger partial charge in [0.2, 0.25) is 0 Å². The van der Waals surface area contributed by atoms with Gasteiger partial charge in [-0.1, -0.05) is 0 Å². The summed E-state index contributed by atoms with van der Waals surface area (Å²) >= 11 is 1.88. The monoisotopic (exact) mass is 267 g/mol. The van der Waals surface area contributed by atoms with Crippen molar-refractivity contribution >= 4 is 17.4 Å². The average Bonchev–Trinajstić information content (AvgIpc) is 2.41. The van der Waals surface area contributed by atoms with Crippen molar-refractivity contribution in [2.45, 2.75) is 41.9 Å². The molecule has 2 atom stereocenters. The lowest BCUT2D eigenvalue weighted by Gasteiger charge is -2.28. The lowest BCUT2D eigenvalue weighted by Crippen LogP contribution is -2.23. The van der Waals surface area contributed by atoms with E-state index in [1.54, 1.807) is 7.11 Å². The molecule has 4 heteroatoms. The van der Waals surface area contributed by atoms with Crippen LogP contribution in [-0.2, 0) is 4.74 Å². The average molecular weight is 267 g/mol. The van der Waals surface area contributed by atoms with E-state index < -0.39 is 0 Å². The third kappa shape index (κ3) is 3.33. The summed E-state index contributed by atoms with van der Waals surface area (Å²) in [4.78, 5) is 1.17. The SMILES string of the molecule is COc1cc(N)ccc1SC1CCCC(OC)C1. The van der Waals surface area contributed by atoms with Crippen LogP contribution < -0.4 is 10.5 Å². The summed E-state index contributed by atoms with van der Waals surface area (Å²) in [7, 11) is 3.50. The fraction of sp³-hybridized carbons (Fsp3) is 0.571. The molecule has 2 rings (SSSR count). The minimum absolute atomic E-state index is 0.413. The fourth-order valence-electron chi connectivity index (χ4n) is 2.38. The highest BCUT2D eigenvalue weighted by Crippen LogP contribution is 2.39. The zero-order valence-corrected chi connectivity index (χ0v) is 11.8. The molecule has 18 heavy (non-hydrogen) atoms. The number of hydrogen-bond acceptors (Lipinski definition) is 4. The Morgan fingerprint density at radius 3 is 2.83 bits per heavy atom. The third-order valence-corrected chi connectivity index (χ3v) is 4.75. The van der Waals surface area contributed by atoms with Crippen LogP contribution in [0.1, 0.15) is 25.7 Å². The molecule has 100 valence electrons. The molecule has 2 N–H and O–H groups in total. The van der Waals surface area contributed by atoms with Crippen molar-refractivity contribution in [2.75, 3.05) is 20.0 Å². The first kappa shape index (κ1) is 13.6. The first-order chi connectivity index (χ1) is 8.72. The minimum Gasteiger partial charge on any atom is -0.496 e. The predicted molar refractivity (Wildman–Crippen MR) is 76.3 cm³/mol. The van der Waals surface area contributed by atoms with Crippen LogP contribution in [0.4, 0.5) is 5.69 Å². The molecular formula is C14H21NO2S. The van der Waals surface area contributed by atoms with Gasteiger partial charge in [0.15, 0.2) is 0 Å². The van der Waals surface area contributed by atoms with Gasteiger partial charge in [-0.05, 0) is 37.8 Å². The normalized spacial score (nSPS) is 23.9. The van der Waals surface area contributed by atoms with Gasteiger partial charge in [-0.2, -0.15) is 0 Å². The number of nitrogens with two attached hydrogens (primary N) is 1. The van der Waals surface area contributed by atoms with Crippen molar-refractivity contribution in [3.8, 4) is 5.75 Å². The van der Waals surface area contributed by atoms with E-state index in [4.69, 9.17) is 15.2 Å². The van der Waals surface area contributed by atoms with Crippen LogP contribution >= 0.6 is 11.8 Å². The summed E-state index contributed by atoms with van der Waals surface area (Å²) in [5, 5.41) is 0.612. The van der Waals surface area contributed by atoms with Gasteiger partial charge in [0.25, 0.3) is 0 Å². The fourth-order valence-corrected chi connectivity index (χ4v) is 3.74. The van der Waals surface area contributed by atoms with E-state index in [1.165, 1.54) is 24.2 Å². The third-order valence-electron chi connectivity index (χ3n) is 3.39. The van der Waals surface area contributed by atoms with Crippen LogP contribution in [-0.4, -0.2) is 25.6 Å². The topological polar surface area (TPSA) is 44.5 Å². The van der Waals surface area contributed by atoms with Gasteiger partial charge in [-0.25, -0.2) is 0 Å². The zero-order chi connectivity index (χ0) is 13.0. The molecule has 1 saturated carbocycles. The highest BCUT2D eigenvalue weighted by Gasteiger charge is 2.23. The van der Waals surface area contributed by atoms with Crippen molar-refractivity contribution in [1.82, 2.24) is 0 Å². The molecule has 1 aromatic rings. The molecule has 3 nitrogen and oxygen atoms in total. The first-order valence-corrected chi connectivity index (χ1v) is 7.24. The Labute approximate surface area is 113 Å². The van der Waals surface area contributed by atoms with Crippen LogP contribution in [0.2, 0.25) is 0 Å².